The summed E-state index contributed by atoms with van der Waals surface area (Å²) >= 11 is 4.94. The molecule has 2 N–H and O–H groups in total. The van der Waals surface area contributed by atoms with Gasteiger partial charge in [0.1, 0.15) is 0 Å². The highest BCUT2D eigenvalue weighted by atomic mass is 32.1. The maximum atomic E-state index is 12.5. The number of carbonyl (C=O) groups is 1. The van der Waals surface area contributed by atoms with Crippen LogP contribution in [0.5, 0.6) is 0 Å². The molecule has 1 aliphatic rings. The standard InChI is InChI=1S/C14H26N2OS/c1-14(2,3)13(17)16(10-9-12(15)18)11-7-5-4-6-8-11/h11H,4-10H2,1-3H3,(H2,15,18). The quantitative estimate of drug-likeness (QED) is 0.799. The van der Waals surface area contributed by atoms with Crippen LogP contribution in [-0.2, 0) is 4.79 Å². The molecule has 1 rings (SSSR count). The lowest BCUT2D eigenvalue weighted by atomic mass is 9.89. The smallest absolute Gasteiger partial charge is 0.228 e. The van der Waals surface area contributed by atoms with Crippen molar-refractivity contribution in [3.05, 3.63) is 0 Å². The Balaban J connectivity index is 2.73. The summed E-state index contributed by atoms with van der Waals surface area (Å²) in [5, 5.41) is 0. The van der Waals surface area contributed by atoms with E-state index in [2.05, 4.69) is 0 Å². The Hall–Kier alpha value is -0.640. The molecule has 104 valence electrons. The van der Waals surface area contributed by atoms with Crippen molar-refractivity contribution < 1.29 is 4.79 Å². The fraction of sp³-hybridized carbons (Fsp3) is 0.857. The first-order valence-corrected chi connectivity index (χ1v) is 7.32. The summed E-state index contributed by atoms with van der Waals surface area (Å²) < 4.78 is 0. The Morgan fingerprint density at radius 1 is 1.28 bits per heavy atom. The van der Waals surface area contributed by atoms with Gasteiger partial charge in [-0.2, -0.15) is 0 Å². The van der Waals surface area contributed by atoms with Crippen LogP contribution < -0.4 is 5.73 Å². The minimum absolute atomic E-state index is 0.227. The van der Waals surface area contributed by atoms with E-state index in [1.54, 1.807) is 0 Å². The first-order chi connectivity index (χ1) is 8.32. The van der Waals surface area contributed by atoms with Crippen LogP contribution in [0, 0.1) is 5.41 Å². The number of amides is 1. The monoisotopic (exact) mass is 270 g/mol. The predicted octanol–water partition coefficient (Wildman–Crippen LogP) is 2.87. The van der Waals surface area contributed by atoms with Gasteiger partial charge < -0.3 is 10.6 Å². The molecule has 0 radical (unpaired) electrons. The highest BCUT2D eigenvalue weighted by molar-refractivity contribution is 7.80. The maximum absolute atomic E-state index is 12.5. The number of rotatable bonds is 4. The van der Waals surface area contributed by atoms with Crippen LogP contribution >= 0.6 is 12.2 Å². The molecule has 0 heterocycles. The van der Waals surface area contributed by atoms with Crippen molar-refractivity contribution in [2.75, 3.05) is 6.54 Å². The number of hydrogen-bond donors (Lipinski definition) is 1. The number of nitrogens with two attached hydrogens (primary N) is 1. The molecule has 1 saturated carbocycles. The van der Waals surface area contributed by atoms with Crippen LogP contribution in [0.25, 0.3) is 0 Å². The molecule has 0 unspecified atom stereocenters. The summed E-state index contributed by atoms with van der Waals surface area (Å²) in [7, 11) is 0. The molecule has 0 atom stereocenters. The highest BCUT2D eigenvalue weighted by Crippen LogP contribution is 2.27. The average Bonchev–Trinajstić information content (AvgIpc) is 2.29. The minimum atomic E-state index is -0.326. The zero-order chi connectivity index (χ0) is 13.8. The van der Waals surface area contributed by atoms with Crippen LogP contribution in [0.4, 0.5) is 0 Å². The van der Waals surface area contributed by atoms with E-state index < -0.39 is 0 Å². The first-order valence-electron chi connectivity index (χ1n) is 6.92. The second kappa shape index (κ2) is 6.50. The molecule has 1 amide bonds. The van der Waals surface area contributed by atoms with Gasteiger partial charge in [-0.25, -0.2) is 0 Å². The van der Waals surface area contributed by atoms with E-state index in [9.17, 15) is 4.79 Å². The SMILES string of the molecule is CC(C)(C)C(=O)N(CCC(N)=S)C1CCCCC1. The lowest BCUT2D eigenvalue weighted by molar-refractivity contribution is -0.142. The van der Waals surface area contributed by atoms with Crippen LogP contribution in [0.2, 0.25) is 0 Å². The van der Waals surface area contributed by atoms with Gasteiger partial charge in [0.2, 0.25) is 5.91 Å². The number of hydrogen-bond acceptors (Lipinski definition) is 2. The van der Waals surface area contributed by atoms with Gasteiger partial charge in [-0.1, -0.05) is 52.3 Å². The molecule has 1 aliphatic carbocycles. The van der Waals surface area contributed by atoms with Crippen molar-refractivity contribution in [1.82, 2.24) is 4.90 Å². The van der Waals surface area contributed by atoms with Crippen molar-refractivity contribution in [3.63, 3.8) is 0 Å². The Morgan fingerprint density at radius 3 is 2.28 bits per heavy atom. The largest absolute Gasteiger partial charge is 0.393 e. The van der Waals surface area contributed by atoms with Crippen LogP contribution in [0.3, 0.4) is 0 Å². The number of thiocarbonyl (C=S) groups is 1. The molecular weight excluding hydrogens is 244 g/mol. The van der Waals surface area contributed by atoms with Gasteiger partial charge in [-0.05, 0) is 12.8 Å². The summed E-state index contributed by atoms with van der Waals surface area (Å²) in [5.74, 6) is 0.227. The third kappa shape index (κ3) is 4.56. The van der Waals surface area contributed by atoms with Crippen molar-refractivity contribution in [2.24, 2.45) is 11.1 Å². The third-order valence-corrected chi connectivity index (χ3v) is 3.72. The normalized spacial score (nSPS) is 17.5. The number of nitrogens with zero attached hydrogens (tertiary/aromatic N) is 1. The van der Waals surface area contributed by atoms with E-state index in [-0.39, 0.29) is 11.3 Å². The van der Waals surface area contributed by atoms with Crippen molar-refractivity contribution >= 4 is 23.1 Å². The Kier molecular flexibility index (Phi) is 5.57. The molecule has 0 saturated heterocycles. The molecular formula is C14H26N2OS. The van der Waals surface area contributed by atoms with Gasteiger partial charge in [0.05, 0.1) is 4.99 Å². The Bertz CT molecular complexity index is 303. The van der Waals surface area contributed by atoms with Gasteiger partial charge in [0.25, 0.3) is 0 Å². The minimum Gasteiger partial charge on any atom is -0.393 e. The van der Waals surface area contributed by atoms with Gasteiger partial charge in [0.15, 0.2) is 0 Å². The van der Waals surface area contributed by atoms with Crippen LogP contribution in [-0.4, -0.2) is 28.4 Å². The zero-order valence-electron chi connectivity index (χ0n) is 11.9. The van der Waals surface area contributed by atoms with Gasteiger partial charge in [0, 0.05) is 24.4 Å². The Labute approximate surface area is 116 Å². The molecule has 0 aromatic rings. The molecule has 0 aliphatic heterocycles. The second-order valence-electron chi connectivity index (χ2n) is 6.26. The van der Waals surface area contributed by atoms with Gasteiger partial charge in [-0.15, -0.1) is 0 Å². The second-order valence-corrected chi connectivity index (χ2v) is 6.78. The summed E-state index contributed by atoms with van der Waals surface area (Å²) in [5.41, 5.74) is 5.25. The van der Waals surface area contributed by atoms with Crippen molar-refractivity contribution in [3.8, 4) is 0 Å². The molecule has 18 heavy (non-hydrogen) atoms. The lowest BCUT2D eigenvalue weighted by Crippen LogP contribution is -2.47. The van der Waals surface area contributed by atoms with Crippen LogP contribution in [0.15, 0.2) is 0 Å². The van der Waals surface area contributed by atoms with Gasteiger partial charge in [-0.3, -0.25) is 4.79 Å². The fourth-order valence-electron chi connectivity index (χ4n) is 2.50. The van der Waals surface area contributed by atoms with E-state index >= 15 is 0 Å². The predicted molar refractivity (Wildman–Crippen MR) is 79.4 cm³/mol. The molecule has 0 aromatic carbocycles. The molecule has 4 heteroatoms. The number of carbonyl (C=O) groups excluding carboxylic acids is 1. The molecule has 0 bridgehead atoms. The molecule has 1 fully saturated rings. The summed E-state index contributed by atoms with van der Waals surface area (Å²) in [6.45, 7) is 6.61. The fourth-order valence-corrected chi connectivity index (χ4v) is 2.60. The maximum Gasteiger partial charge on any atom is 0.228 e. The molecule has 0 spiro atoms. The third-order valence-electron chi connectivity index (χ3n) is 3.52. The average molecular weight is 270 g/mol. The topological polar surface area (TPSA) is 46.3 Å². The van der Waals surface area contributed by atoms with E-state index in [1.165, 1.54) is 19.3 Å². The molecule has 0 aromatic heterocycles. The van der Waals surface area contributed by atoms with Crippen molar-refractivity contribution in [2.45, 2.75) is 65.3 Å². The zero-order valence-corrected chi connectivity index (χ0v) is 12.7. The van der Waals surface area contributed by atoms with Crippen LogP contribution in [0.1, 0.15) is 59.3 Å². The Morgan fingerprint density at radius 2 is 1.83 bits per heavy atom. The summed E-state index contributed by atoms with van der Waals surface area (Å²) in [6.07, 6.45) is 6.63. The lowest BCUT2D eigenvalue weighted by Gasteiger charge is -2.38. The van der Waals surface area contributed by atoms with E-state index in [1.807, 2.05) is 25.7 Å². The highest BCUT2D eigenvalue weighted by Gasteiger charge is 2.32. The van der Waals surface area contributed by atoms with E-state index in [4.69, 9.17) is 18.0 Å². The molecule has 3 nitrogen and oxygen atoms in total. The summed E-state index contributed by atoms with van der Waals surface area (Å²) in [6, 6.07) is 0.389. The van der Waals surface area contributed by atoms with Crippen molar-refractivity contribution in [1.29, 1.82) is 0 Å². The van der Waals surface area contributed by atoms with Gasteiger partial charge >= 0.3 is 0 Å². The first kappa shape index (κ1) is 15.4. The van der Waals surface area contributed by atoms with E-state index in [0.29, 0.717) is 24.0 Å². The van der Waals surface area contributed by atoms with E-state index in [0.717, 1.165) is 12.8 Å². The summed E-state index contributed by atoms with van der Waals surface area (Å²) in [4.78, 5) is 15.0.